The van der Waals surface area contributed by atoms with Gasteiger partial charge in [0.1, 0.15) is 6.10 Å². The number of unbranched alkanes of at least 4 members (excludes halogenated alkanes) is 16. The van der Waals surface area contributed by atoms with Crippen LogP contribution in [-0.2, 0) is 23.8 Å². The third kappa shape index (κ3) is 20.5. The molecule has 0 aromatic rings. The van der Waals surface area contributed by atoms with Crippen molar-refractivity contribution in [3.63, 3.8) is 0 Å². The first-order chi connectivity index (χ1) is 24.2. The van der Waals surface area contributed by atoms with Gasteiger partial charge >= 0.3 is 23.7 Å². The van der Waals surface area contributed by atoms with Crippen LogP contribution in [0.15, 0.2) is 48.6 Å². The second kappa shape index (κ2) is 29.3. The van der Waals surface area contributed by atoms with E-state index in [0.717, 1.165) is 89.9 Å². The van der Waals surface area contributed by atoms with E-state index in [2.05, 4.69) is 62.5 Å². The Morgan fingerprint density at radius 3 is 1.40 bits per heavy atom. The molecular weight excluding hydrogens is 636 g/mol. The largest absolute Gasteiger partial charge is 0.420 e. The van der Waals surface area contributed by atoms with Crippen LogP contribution in [0.5, 0.6) is 0 Å². The normalized spacial score (nSPS) is 22.8. The van der Waals surface area contributed by atoms with Gasteiger partial charge in [0, 0.05) is 12.8 Å². The molecule has 1 fully saturated rings. The molecule has 4 atom stereocenters. The molecule has 0 saturated carbocycles. The summed E-state index contributed by atoms with van der Waals surface area (Å²) in [5.74, 6) is -8.15. The summed E-state index contributed by atoms with van der Waals surface area (Å²) in [4.78, 5) is 25.2. The first-order valence-electron chi connectivity index (χ1n) is 19.7. The fraction of sp³-hybridized carbons (Fsp3) is 0.756. The maximum absolute atomic E-state index is 12.6. The summed E-state index contributed by atoms with van der Waals surface area (Å²) in [6.45, 7) is 3.78. The highest BCUT2D eigenvalue weighted by molar-refractivity contribution is 5.71. The summed E-state index contributed by atoms with van der Waals surface area (Å²) < 4.78 is 15.1. The van der Waals surface area contributed by atoms with E-state index < -0.39 is 42.5 Å². The summed E-state index contributed by atoms with van der Waals surface area (Å²) in [6.07, 6.45) is 36.0. The summed E-state index contributed by atoms with van der Waals surface area (Å²) in [7, 11) is 0. The molecular formula is C41H70O9. The van der Waals surface area contributed by atoms with E-state index in [1.807, 2.05) is 0 Å². The summed E-state index contributed by atoms with van der Waals surface area (Å²) in [6, 6.07) is 0. The molecule has 1 rings (SSSR count). The minimum absolute atomic E-state index is 0.0647. The number of hydrogen-bond donors (Lipinski definition) is 4. The van der Waals surface area contributed by atoms with Gasteiger partial charge in [-0.1, -0.05) is 127 Å². The van der Waals surface area contributed by atoms with Crippen LogP contribution in [0.4, 0.5) is 0 Å². The smallest absolute Gasteiger partial charge is 0.399 e. The third-order valence-electron chi connectivity index (χ3n) is 8.85. The highest BCUT2D eigenvalue weighted by Crippen LogP contribution is 2.37. The van der Waals surface area contributed by atoms with Crippen LogP contribution in [0.2, 0.25) is 0 Å². The van der Waals surface area contributed by atoms with Crippen molar-refractivity contribution in [2.24, 2.45) is 0 Å². The van der Waals surface area contributed by atoms with E-state index in [1.165, 1.54) is 38.5 Å². The van der Waals surface area contributed by atoms with Gasteiger partial charge in [-0.2, -0.15) is 0 Å². The van der Waals surface area contributed by atoms with Gasteiger partial charge in [-0.05, 0) is 77.0 Å². The summed E-state index contributed by atoms with van der Waals surface area (Å²) in [5, 5.41) is 42.6. The Kier molecular flexibility index (Phi) is 26.8. The van der Waals surface area contributed by atoms with Crippen molar-refractivity contribution in [3.05, 3.63) is 48.6 Å². The third-order valence-corrected chi connectivity index (χ3v) is 8.85. The molecule has 1 saturated heterocycles. The molecule has 0 bridgehead atoms. The van der Waals surface area contributed by atoms with E-state index in [1.54, 1.807) is 0 Å². The van der Waals surface area contributed by atoms with Gasteiger partial charge in [-0.3, -0.25) is 9.59 Å². The van der Waals surface area contributed by atoms with Crippen molar-refractivity contribution in [1.82, 2.24) is 0 Å². The van der Waals surface area contributed by atoms with Gasteiger partial charge < -0.3 is 34.6 Å². The fourth-order valence-corrected chi connectivity index (χ4v) is 5.66. The lowest BCUT2D eigenvalue weighted by molar-refractivity contribution is -0.498. The quantitative estimate of drug-likeness (QED) is 0.0249. The van der Waals surface area contributed by atoms with Crippen LogP contribution in [0, 0.1) is 0 Å². The average Bonchev–Trinajstić information content (AvgIpc) is 3.09. The van der Waals surface area contributed by atoms with E-state index in [-0.39, 0.29) is 12.8 Å². The van der Waals surface area contributed by atoms with Crippen LogP contribution in [0.3, 0.4) is 0 Å². The van der Waals surface area contributed by atoms with E-state index in [9.17, 15) is 30.0 Å². The van der Waals surface area contributed by atoms with Crippen molar-refractivity contribution in [1.29, 1.82) is 0 Å². The highest BCUT2D eigenvalue weighted by atomic mass is 16.9. The monoisotopic (exact) mass is 707 g/mol. The fourth-order valence-electron chi connectivity index (χ4n) is 5.66. The van der Waals surface area contributed by atoms with Gasteiger partial charge in [0.15, 0.2) is 6.10 Å². The van der Waals surface area contributed by atoms with Gasteiger partial charge in [0.25, 0.3) is 0 Å². The number of esters is 2. The van der Waals surface area contributed by atoms with Crippen molar-refractivity contribution in [3.8, 4) is 0 Å². The van der Waals surface area contributed by atoms with E-state index >= 15 is 0 Å². The molecule has 50 heavy (non-hydrogen) atoms. The molecule has 1 aliphatic heterocycles. The minimum atomic E-state index is -3.19. The van der Waals surface area contributed by atoms with Crippen LogP contribution < -0.4 is 0 Å². The molecule has 0 amide bonds. The number of rotatable bonds is 30. The van der Waals surface area contributed by atoms with E-state index in [4.69, 9.17) is 14.2 Å². The Labute approximate surface area is 302 Å². The zero-order chi connectivity index (χ0) is 36.8. The van der Waals surface area contributed by atoms with Crippen LogP contribution in [-0.4, -0.2) is 62.9 Å². The Bertz CT molecular complexity index is 991. The lowest BCUT2D eigenvalue weighted by Crippen LogP contribution is -2.73. The average molecular weight is 707 g/mol. The van der Waals surface area contributed by atoms with Crippen molar-refractivity contribution in [2.75, 3.05) is 6.61 Å². The molecule has 9 nitrogen and oxygen atoms in total. The first kappa shape index (κ1) is 45.7. The number of aliphatic hydroxyl groups excluding tert-OH is 2. The summed E-state index contributed by atoms with van der Waals surface area (Å²) >= 11 is 0. The Morgan fingerprint density at radius 1 is 0.580 bits per heavy atom. The molecule has 0 aromatic heterocycles. The van der Waals surface area contributed by atoms with Gasteiger partial charge in [0.05, 0.1) is 6.61 Å². The number of ether oxygens (including phenoxy) is 3. The first-order valence-corrected chi connectivity index (χ1v) is 19.7. The second-order valence-corrected chi connectivity index (χ2v) is 13.5. The highest BCUT2D eigenvalue weighted by Gasteiger charge is 2.67. The molecule has 0 spiro atoms. The SMILES string of the molecule is CCCCC/C=C\C/C=C\CCCCCCCC(=O)OC1(O)OC[C@@H](O)[C@H](O)[C@@]1(O)OC(=O)CCCCCCC/C=C\C/C=C\CCCCC. The molecule has 0 aliphatic carbocycles. The van der Waals surface area contributed by atoms with Crippen molar-refractivity contribution < 1.29 is 44.2 Å². The molecule has 0 aromatic carbocycles. The standard InChI is InChI=1S/C41H70O9/c1-3-5-7-9-11-13-15-17-19-21-23-25-27-29-31-33-37(43)49-40(46)39(45)36(42)35-48-41(40,47)50-38(44)34-32-30-28-26-24-22-20-18-16-14-12-10-8-6-4-2/h11-14,17-20,36,39,42,45-47H,3-10,15-16,21-35H2,1-2H3/b13-11-,14-12-,19-17-,20-18-/t36-,39+,40-,41?/m1/s1. The van der Waals surface area contributed by atoms with Crippen LogP contribution in [0.1, 0.15) is 168 Å². The number of hydrogen-bond acceptors (Lipinski definition) is 9. The molecule has 1 aliphatic rings. The van der Waals surface area contributed by atoms with E-state index in [0.29, 0.717) is 12.8 Å². The molecule has 1 unspecified atom stereocenters. The lowest BCUT2D eigenvalue weighted by Gasteiger charge is -2.46. The Hall–Kier alpha value is -2.30. The number of allylic oxidation sites excluding steroid dienone is 8. The maximum Gasteiger partial charge on any atom is 0.399 e. The molecule has 288 valence electrons. The Morgan fingerprint density at radius 2 is 0.960 bits per heavy atom. The molecule has 4 N–H and O–H groups in total. The molecule has 1 heterocycles. The number of carbonyl (C=O) groups excluding carboxylic acids is 2. The number of aliphatic hydroxyl groups is 4. The van der Waals surface area contributed by atoms with Gasteiger partial charge in [0.2, 0.25) is 0 Å². The lowest BCUT2D eigenvalue weighted by atomic mass is 9.98. The zero-order valence-electron chi connectivity index (χ0n) is 31.3. The van der Waals surface area contributed by atoms with Crippen molar-refractivity contribution >= 4 is 11.9 Å². The summed E-state index contributed by atoms with van der Waals surface area (Å²) in [5.41, 5.74) is 0. The zero-order valence-corrected chi connectivity index (χ0v) is 31.3. The topological polar surface area (TPSA) is 143 Å². The predicted molar refractivity (Wildman–Crippen MR) is 199 cm³/mol. The van der Waals surface area contributed by atoms with Gasteiger partial charge in [-0.25, -0.2) is 0 Å². The minimum Gasteiger partial charge on any atom is -0.420 e. The van der Waals surface area contributed by atoms with Gasteiger partial charge in [-0.15, -0.1) is 0 Å². The second-order valence-electron chi connectivity index (χ2n) is 13.5. The molecule has 9 heteroatoms. The van der Waals surface area contributed by atoms with Crippen LogP contribution >= 0.6 is 0 Å². The predicted octanol–water partition coefficient (Wildman–Crippen LogP) is 8.79. The Balaban J connectivity index is 2.30. The van der Waals surface area contributed by atoms with Crippen LogP contribution in [0.25, 0.3) is 0 Å². The van der Waals surface area contributed by atoms with Crippen molar-refractivity contribution in [2.45, 2.75) is 192 Å². The number of carbonyl (C=O) groups is 2. The molecule has 0 radical (unpaired) electrons. The maximum atomic E-state index is 12.6.